The van der Waals surface area contributed by atoms with Crippen molar-refractivity contribution in [3.63, 3.8) is 0 Å². The SMILES string of the molecule is Cc1nc2ccccc2c(=O)n1CC(=O)Nc1cc(F)ccc1NC(=O)OC(C)(C)C. The molecule has 8 nitrogen and oxygen atoms in total. The van der Waals surface area contributed by atoms with E-state index in [1.807, 2.05) is 0 Å². The van der Waals surface area contributed by atoms with E-state index >= 15 is 0 Å². The van der Waals surface area contributed by atoms with Gasteiger partial charge in [-0.3, -0.25) is 19.5 Å². The molecule has 0 saturated heterocycles. The number of rotatable bonds is 4. The van der Waals surface area contributed by atoms with E-state index in [0.717, 1.165) is 12.1 Å². The van der Waals surface area contributed by atoms with Crippen molar-refractivity contribution < 1.29 is 18.7 Å². The highest BCUT2D eigenvalue weighted by Crippen LogP contribution is 2.24. The van der Waals surface area contributed by atoms with Gasteiger partial charge in [-0.2, -0.15) is 0 Å². The lowest BCUT2D eigenvalue weighted by Gasteiger charge is -2.20. The standard InChI is InChI=1S/C22H23FN4O4/c1-13-24-16-8-6-5-7-15(16)20(29)27(13)12-19(28)25-18-11-14(23)9-10-17(18)26-21(30)31-22(2,3)4/h5-11H,12H2,1-4H3,(H,25,28)(H,26,30). The van der Waals surface area contributed by atoms with E-state index < -0.39 is 23.4 Å². The molecular weight excluding hydrogens is 403 g/mol. The molecule has 1 heterocycles. The molecule has 0 fully saturated rings. The Morgan fingerprint density at radius 1 is 1.10 bits per heavy atom. The third-order valence-corrected chi connectivity index (χ3v) is 4.25. The van der Waals surface area contributed by atoms with Gasteiger partial charge >= 0.3 is 6.09 Å². The highest BCUT2D eigenvalue weighted by molar-refractivity contribution is 5.97. The van der Waals surface area contributed by atoms with Crippen molar-refractivity contribution in [3.05, 3.63) is 64.5 Å². The van der Waals surface area contributed by atoms with E-state index in [-0.39, 0.29) is 23.5 Å². The van der Waals surface area contributed by atoms with Gasteiger partial charge in [0.1, 0.15) is 23.8 Å². The number of ether oxygens (including phenoxy) is 1. The molecule has 1 aromatic heterocycles. The molecule has 3 rings (SSSR count). The van der Waals surface area contributed by atoms with E-state index in [4.69, 9.17) is 4.74 Å². The van der Waals surface area contributed by atoms with Gasteiger partial charge < -0.3 is 10.1 Å². The Bertz CT molecular complexity index is 1210. The summed E-state index contributed by atoms with van der Waals surface area (Å²) >= 11 is 0. The van der Waals surface area contributed by atoms with Gasteiger partial charge in [0, 0.05) is 0 Å². The zero-order valence-corrected chi connectivity index (χ0v) is 17.7. The second-order valence-corrected chi connectivity index (χ2v) is 7.93. The normalized spacial score (nSPS) is 11.3. The predicted octanol–water partition coefficient (Wildman–Crippen LogP) is 3.83. The lowest BCUT2D eigenvalue weighted by Crippen LogP contribution is -2.31. The second-order valence-electron chi connectivity index (χ2n) is 7.93. The number of halogens is 1. The fourth-order valence-electron chi connectivity index (χ4n) is 2.94. The van der Waals surface area contributed by atoms with Crippen LogP contribution in [0.4, 0.5) is 20.6 Å². The zero-order valence-electron chi connectivity index (χ0n) is 17.7. The van der Waals surface area contributed by atoms with Gasteiger partial charge in [0.25, 0.3) is 5.56 Å². The summed E-state index contributed by atoms with van der Waals surface area (Å²) in [6.45, 7) is 6.41. The molecule has 0 atom stereocenters. The average molecular weight is 426 g/mol. The summed E-state index contributed by atoms with van der Waals surface area (Å²) in [4.78, 5) is 41.8. The molecule has 3 aromatic rings. The summed E-state index contributed by atoms with van der Waals surface area (Å²) in [6, 6.07) is 10.4. The number of aryl methyl sites for hydroxylation is 1. The summed E-state index contributed by atoms with van der Waals surface area (Å²) in [7, 11) is 0. The van der Waals surface area contributed by atoms with Gasteiger partial charge in [-0.05, 0) is 58.0 Å². The van der Waals surface area contributed by atoms with E-state index in [2.05, 4.69) is 15.6 Å². The van der Waals surface area contributed by atoms with Crippen LogP contribution >= 0.6 is 0 Å². The Morgan fingerprint density at radius 3 is 2.52 bits per heavy atom. The maximum absolute atomic E-state index is 13.8. The number of aromatic nitrogens is 2. The first-order chi connectivity index (χ1) is 14.5. The van der Waals surface area contributed by atoms with Crippen molar-refractivity contribution in [1.29, 1.82) is 0 Å². The molecule has 0 unspecified atom stereocenters. The van der Waals surface area contributed by atoms with Crippen molar-refractivity contribution >= 4 is 34.3 Å². The van der Waals surface area contributed by atoms with Gasteiger partial charge in [0.05, 0.1) is 22.3 Å². The third kappa shape index (κ3) is 5.44. The number of anilines is 2. The smallest absolute Gasteiger partial charge is 0.412 e. The van der Waals surface area contributed by atoms with Gasteiger partial charge in [0.15, 0.2) is 0 Å². The first-order valence-electron chi connectivity index (χ1n) is 9.59. The van der Waals surface area contributed by atoms with Crippen LogP contribution in [0, 0.1) is 12.7 Å². The van der Waals surface area contributed by atoms with Crippen molar-refractivity contribution in [3.8, 4) is 0 Å². The van der Waals surface area contributed by atoms with Crippen LogP contribution in [0.25, 0.3) is 10.9 Å². The zero-order chi connectivity index (χ0) is 22.8. The quantitative estimate of drug-likeness (QED) is 0.660. The number of hydrogen-bond donors (Lipinski definition) is 2. The van der Waals surface area contributed by atoms with Crippen LogP contribution in [0.3, 0.4) is 0 Å². The minimum Gasteiger partial charge on any atom is -0.444 e. The first-order valence-corrected chi connectivity index (χ1v) is 9.59. The molecular formula is C22H23FN4O4. The van der Waals surface area contributed by atoms with Crippen LogP contribution in [-0.4, -0.2) is 27.2 Å². The monoisotopic (exact) mass is 426 g/mol. The van der Waals surface area contributed by atoms with Crippen molar-refractivity contribution in [2.75, 3.05) is 10.6 Å². The molecule has 2 amide bonds. The molecule has 162 valence electrons. The average Bonchev–Trinajstić information content (AvgIpc) is 2.66. The minimum atomic E-state index is -0.750. The lowest BCUT2D eigenvalue weighted by atomic mass is 10.2. The fourth-order valence-corrected chi connectivity index (χ4v) is 2.94. The number of carbonyl (C=O) groups is 2. The number of carbonyl (C=O) groups excluding carboxylic acids is 2. The molecule has 0 aliphatic heterocycles. The molecule has 31 heavy (non-hydrogen) atoms. The number of fused-ring (bicyclic) bond motifs is 1. The van der Waals surface area contributed by atoms with E-state index in [0.29, 0.717) is 16.7 Å². The molecule has 0 spiro atoms. The molecule has 2 aromatic carbocycles. The van der Waals surface area contributed by atoms with Gasteiger partial charge in [0.2, 0.25) is 5.91 Å². The summed E-state index contributed by atoms with van der Waals surface area (Å²) in [5, 5.41) is 5.41. The number of nitrogens with one attached hydrogen (secondary N) is 2. The van der Waals surface area contributed by atoms with Gasteiger partial charge in [-0.1, -0.05) is 12.1 Å². The second kappa shape index (κ2) is 8.55. The summed E-state index contributed by atoms with van der Waals surface area (Å²) in [5.74, 6) is -0.823. The number of para-hydroxylation sites is 1. The van der Waals surface area contributed by atoms with E-state index in [9.17, 15) is 18.8 Å². The Kier molecular flexibility index (Phi) is 6.05. The Hall–Kier alpha value is -3.75. The molecule has 0 aliphatic carbocycles. The number of hydrogen-bond acceptors (Lipinski definition) is 5. The van der Waals surface area contributed by atoms with Crippen LogP contribution in [0.15, 0.2) is 47.3 Å². The minimum absolute atomic E-state index is 0.0373. The van der Waals surface area contributed by atoms with Gasteiger partial charge in [-0.25, -0.2) is 14.2 Å². The van der Waals surface area contributed by atoms with Crippen LogP contribution in [0.5, 0.6) is 0 Å². The molecule has 9 heteroatoms. The Balaban J connectivity index is 1.83. The summed E-state index contributed by atoms with van der Waals surface area (Å²) in [6.07, 6.45) is -0.750. The molecule has 2 N–H and O–H groups in total. The maximum Gasteiger partial charge on any atom is 0.412 e. The first kappa shape index (κ1) is 21.9. The molecule has 0 saturated carbocycles. The van der Waals surface area contributed by atoms with Crippen molar-refractivity contribution in [2.45, 2.75) is 39.8 Å². The number of benzene rings is 2. The van der Waals surface area contributed by atoms with Crippen LogP contribution < -0.4 is 16.2 Å². The third-order valence-electron chi connectivity index (χ3n) is 4.25. The lowest BCUT2D eigenvalue weighted by molar-refractivity contribution is -0.116. The van der Waals surface area contributed by atoms with Crippen LogP contribution in [0.2, 0.25) is 0 Å². The van der Waals surface area contributed by atoms with E-state index in [1.54, 1.807) is 52.0 Å². The Labute approximate surface area is 178 Å². The van der Waals surface area contributed by atoms with Crippen molar-refractivity contribution in [2.24, 2.45) is 0 Å². The highest BCUT2D eigenvalue weighted by atomic mass is 19.1. The predicted molar refractivity (Wildman–Crippen MR) is 116 cm³/mol. The topological polar surface area (TPSA) is 102 Å². The van der Waals surface area contributed by atoms with Crippen molar-refractivity contribution in [1.82, 2.24) is 9.55 Å². The highest BCUT2D eigenvalue weighted by Gasteiger charge is 2.19. The number of amides is 2. The Morgan fingerprint density at radius 2 is 1.81 bits per heavy atom. The number of nitrogens with zero attached hydrogens (tertiary/aromatic N) is 2. The van der Waals surface area contributed by atoms with Crippen LogP contribution in [-0.2, 0) is 16.1 Å². The summed E-state index contributed by atoms with van der Waals surface area (Å²) in [5.41, 5.74) is -0.352. The fraction of sp³-hybridized carbons (Fsp3) is 0.273. The van der Waals surface area contributed by atoms with Gasteiger partial charge in [-0.15, -0.1) is 0 Å². The van der Waals surface area contributed by atoms with Crippen LogP contribution in [0.1, 0.15) is 26.6 Å². The molecule has 0 radical (unpaired) electrons. The molecule has 0 aliphatic rings. The largest absolute Gasteiger partial charge is 0.444 e. The maximum atomic E-state index is 13.8. The van der Waals surface area contributed by atoms with E-state index in [1.165, 1.54) is 10.6 Å². The summed E-state index contributed by atoms with van der Waals surface area (Å²) < 4.78 is 20.2. The molecule has 0 bridgehead atoms.